The number of para-hydroxylation sites is 3. The maximum Gasteiger partial charge on any atom is 0.297 e. The normalized spacial score (nSPS) is 14.7. The second-order valence-electron chi connectivity index (χ2n) is 11.4. The molecule has 1 saturated carbocycles. The van der Waals surface area contributed by atoms with E-state index in [1.54, 1.807) is 0 Å². The molecule has 6 rings (SSSR count). The van der Waals surface area contributed by atoms with Gasteiger partial charge < -0.3 is 0 Å². The third kappa shape index (κ3) is 3.92. The fraction of sp³-hybridized carbons (Fsp3) is 0.394. The van der Waals surface area contributed by atoms with Crippen LogP contribution in [0.15, 0.2) is 54.6 Å². The average Bonchev–Trinajstić information content (AvgIpc) is 3.62. The van der Waals surface area contributed by atoms with E-state index in [9.17, 15) is 0 Å². The summed E-state index contributed by atoms with van der Waals surface area (Å²) in [6, 6.07) is 20.3. The van der Waals surface area contributed by atoms with Crippen LogP contribution in [0, 0.1) is 6.92 Å². The molecule has 1 aliphatic rings. The van der Waals surface area contributed by atoms with Crippen molar-refractivity contribution in [2.45, 2.75) is 78.1 Å². The lowest BCUT2D eigenvalue weighted by Gasteiger charge is -2.18. The zero-order chi connectivity index (χ0) is 25.8. The average molecular weight is 509 g/mol. The Bertz CT molecular complexity index is 1590. The molecule has 0 spiro atoms. The molecule has 0 saturated heterocycles. The number of hydrogen-bond donors (Lipinski definition) is 0. The van der Waals surface area contributed by atoms with E-state index in [0.717, 1.165) is 0 Å². The quantitative estimate of drug-likeness (QED) is 0.217. The van der Waals surface area contributed by atoms with Crippen LogP contribution in [-0.4, -0.2) is 9.55 Å². The first-order valence-electron chi connectivity index (χ1n) is 13.9. The van der Waals surface area contributed by atoms with E-state index in [0.29, 0.717) is 17.8 Å². The van der Waals surface area contributed by atoms with Crippen molar-refractivity contribution in [2.24, 2.45) is 7.05 Å². The standard InChI is InChI=1S/C33H38N3S/c1-20(2)24-14-11-15-25(21(3)4)31(24)36-27-17-10-9-16-26(27)35(6)33(36)29-22(5)18-19-28-30(29)34-32(37-28)23-12-7-8-13-23/h9-11,14-21,23H,7-8,12-13H2,1-6H3/q+1. The van der Waals surface area contributed by atoms with Gasteiger partial charge in [-0.15, -0.1) is 11.3 Å². The molecule has 1 fully saturated rings. The van der Waals surface area contributed by atoms with Gasteiger partial charge in [-0.1, -0.05) is 76.9 Å². The first kappa shape index (κ1) is 24.4. The van der Waals surface area contributed by atoms with Gasteiger partial charge in [-0.05, 0) is 55.4 Å². The summed E-state index contributed by atoms with van der Waals surface area (Å²) in [5.41, 5.74) is 10.3. The van der Waals surface area contributed by atoms with Gasteiger partial charge in [-0.3, -0.25) is 0 Å². The Hall–Kier alpha value is -2.98. The molecule has 3 aromatic carbocycles. The Morgan fingerprint density at radius 2 is 1.57 bits per heavy atom. The SMILES string of the molecule is Cc1ccc2sc(C3CCCC3)nc2c1-c1n(-c2c(C(C)C)cccc2C(C)C)c2ccccc2[n+]1C. The molecule has 37 heavy (non-hydrogen) atoms. The molecule has 2 aromatic heterocycles. The molecule has 0 unspecified atom stereocenters. The van der Waals surface area contributed by atoms with Gasteiger partial charge in [0.05, 0.1) is 27.8 Å². The summed E-state index contributed by atoms with van der Waals surface area (Å²) in [4.78, 5) is 5.38. The lowest BCUT2D eigenvalue weighted by molar-refractivity contribution is -0.633. The van der Waals surface area contributed by atoms with E-state index < -0.39 is 0 Å². The second-order valence-corrected chi connectivity index (χ2v) is 12.5. The van der Waals surface area contributed by atoms with Crippen molar-refractivity contribution in [3.05, 3.63) is 76.3 Å². The Morgan fingerprint density at radius 3 is 2.24 bits per heavy atom. The van der Waals surface area contributed by atoms with E-state index in [-0.39, 0.29) is 0 Å². The smallest absolute Gasteiger partial charge is 0.240 e. The van der Waals surface area contributed by atoms with Gasteiger partial charge >= 0.3 is 0 Å². The second kappa shape index (κ2) is 9.40. The number of benzene rings is 3. The van der Waals surface area contributed by atoms with Crippen LogP contribution in [0.25, 0.3) is 38.3 Å². The Balaban J connectivity index is 1.74. The van der Waals surface area contributed by atoms with E-state index in [4.69, 9.17) is 4.98 Å². The molecular formula is C33H38N3S+. The van der Waals surface area contributed by atoms with Crippen molar-refractivity contribution in [3.63, 3.8) is 0 Å². The van der Waals surface area contributed by atoms with Gasteiger partial charge in [-0.25, -0.2) is 9.55 Å². The van der Waals surface area contributed by atoms with E-state index in [1.165, 1.54) is 85.7 Å². The molecule has 0 aliphatic heterocycles. The van der Waals surface area contributed by atoms with Gasteiger partial charge in [0.2, 0.25) is 0 Å². The number of thiazole rings is 1. The van der Waals surface area contributed by atoms with Crippen LogP contribution in [0.5, 0.6) is 0 Å². The molecule has 0 bridgehead atoms. The third-order valence-corrected chi connectivity index (χ3v) is 9.48. The molecule has 0 radical (unpaired) electrons. The van der Waals surface area contributed by atoms with Crippen molar-refractivity contribution < 1.29 is 4.57 Å². The van der Waals surface area contributed by atoms with Crippen molar-refractivity contribution in [3.8, 4) is 17.1 Å². The zero-order valence-corrected chi connectivity index (χ0v) is 23.8. The van der Waals surface area contributed by atoms with Gasteiger partial charge in [-0.2, -0.15) is 4.57 Å². The van der Waals surface area contributed by atoms with Gasteiger partial charge in [0, 0.05) is 17.0 Å². The van der Waals surface area contributed by atoms with E-state index in [2.05, 4.69) is 105 Å². The van der Waals surface area contributed by atoms with Crippen molar-refractivity contribution in [1.29, 1.82) is 0 Å². The molecule has 3 nitrogen and oxygen atoms in total. The van der Waals surface area contributed by atoms with Gasteiger partial charge in [0.1, 0.15) is 5.69 Å². The highest BCUT2D eigenvalue weighted by Gasteiger charge is 2.33. The van der Waals surface area contributed by atoms with Crippen LogP contribution in [0.4, 0.5) is 0 Å². The van der Waals surface area contributed by atoms with Gasteiger partial charge in [0.25, 0.3) is 5.82 Å². The predicted molar refractivity (Wildman–Crippen MR) is 157 cm³/mol. The zero-order valence-electron chi connectivity index (χ0n) is 23.0. The molecule has 2 heterocycles. The summed E-state index contributed by atoms with van der Waals surface area (Å²) in [5.74, 6) is 2.68. The Labute approximate surface area is 224 Å². The van der Waals surface area contributed by atoms with E-state index >= 15 is 0 Å². The van der Waals surface area contributed by atoms with Crippen LogP contribution in [-0.2, 0) is 7.05 Å². The predicted octanol–water partition coefficient (Wildman–Crippen LogP) is 8.94. The van der Waals surface area contributed by atoms with E-state index in [1.807, 2.05) is 11.3 Å². The molecule has 1 aliphatic carbocycles. The fourth-order valence-corrected chi connectivity index (χ4v) is 7.48. The molecule has 0 N–H and O–H groups in total. The molecule has 5 aromatic rings. The number of rotatable bonds is 5. The number of hydrogen-bond acceptors (Lipinski definition) is 2. The highest BCUT2D eigenvalue weighted by Crippen LogP contribution is 2.43. The monoisotopic (exact) mass is 508 g/mol. The van der Waals surface area contributed by atoms with Crippen molar-refractivity contribution in [1.82, 2.24) is 9.55 Å². The number of fused-ring (bicyclic) bond motifs is 2. The lowest BCUT2D eigenvalue weighted by Crippen LogP contribution is -2.30. The lowest BCUT2D eigenvalue weighted by atomic mass is 9.92. The first-order valence-corrected chi connectivity index (χ1v) is 14.7. The van der Waals surface area contributed by atoms with Crippen molar-refractivity contribution in [2.75, 3.05) is 0 Å². The van der Waals surface area contributed by atoms with Crippen LogP contribution in [0.2, 0.25) is 0 Å². The number of imidazole rings is 1. The highest BCUT2D eigenvalue weighted by molar-refractivity contribution is 7.18. The summed E-state index contributed by atoms with van der Waals surface area (Å²) in [7, 11) is 2.23. The minimum Gasteiger partial charge on any atom is -0.240 e. The molecule has 190 valence electrons. The Morgan fingerprint density at radius 1 is 0.892 bits per heavy atom. The molecule has 0 atom stereocenters. The number of aromatic nitrogens is 3. The topological polar surface area (TPSA) is 21.7 Å². The number of aryl methyl sites for hydroxylation is 2. The molecule has 4 heteroatoms. The Kier molecular flexibility index (Phi) is 6.19. The summed E-state index contributed by atoms with van der Waals surface area (Å²) in [5, 5.41) is 1.33. The van der Waals surface area contributed by atoms with Crippen LogP contribution >= 0.6 is 11.3 Å². The molecule has 0 amide bonds. The van der Waals surface area contributed by atoms with Crippen LogP contribution < -0.4 is 4.57 Å². The maximum absolute atomic E-state index is 5.38. The highest BCUT2D eigenvalue weighted by atomic mass is 32.1. The van der Waals surface area contributed by atoms with Crippen LogP contribution in [0.3, 0.4) is 0 Å². The maximum atomic E-state index is 5.38. The largest absolute Gasteiger partial charge is 0.297 e. The minimum absolute atomic E-state index is 0.415. The summed E-state index contributed by atoms with van der Waals surface area (Å²) >= 11 is 1.91. The minimum atomic E-state index is 0.415. The third-order valence-electron chi connectivity index (χ3n) is 8.29. The fourth-order valence-electron chi connectivity index (χ4n) is 6.33. The van der Waals surface area contributed by atoms with Gasteiger partial charge in [0.15, 0.2) is 11.0 Å². The summed E-state index contributed by atoms with van der Waals surface area (Å²) < 4.78 is 6.25. The first-order chi connectivity index (χ1) is 17.9. The summed E-state index contributed by atoms with van der Waals surface area (Å²) in [6.45, 7) is 11.5. The number of nitrogens with zero attached hydrogens (tertiary/aromatic N) is 3. The summed E-state index contributed by atoms with van der Waals surface area (Å²) in [6.07, 6.45) is 5.22. The van der Waals surface area contributed by atoms with Crippen LogP contribution in [0.1, 0.15) is 92.8 Å². The van der Waals surface area contributed by atoms with Crippen molar-refractivity contribution >= 4 is 32.6 Å². The molecular weight excluding hydrogens is 470 g/mol.